The van der Waals surface area contributed by atoms with Gasteiger partial charge in [-0.05, 0) is 93.0 Å². The second-order valence-electron chi connectivity index (χ2n) is 9.66. The molecular weight excluding hydrogens is 368 g/mol. The first-order chi connectivity index (χ1) is 13.4. The number of rotatable bonds is 6. The molecule has 0 aliphatic heterocycles. The Bertz CT molecular complexity index is 711. The summed E-state index contributed by atoms with van der Waals surface area (Å²) in [6, 6.07) is 7.76. The lowest BCUT2D eigenvalue weighted by Gasteiger charge is -2.55. The number of benzene rings is 1. The number of thiocarbonyl (C=S) groups is 1. The summed E-state index contributed by atoms with van der Waals surface area (Å²) >= 11 is 5.45. The van der Waals surface area contributed by atoms with Crippen molar-refractivity contribution < 1.29 is 9.53 Å². The zero-order valence-corrected chi connectivity index (χ0v) is 17.8. The van der Waals surface area contributed by atoms with Gasteiger partial charge in [-0.15, -0.1) is 0 Å². The number of carbonyl (C=O) groups is 1. The second kappa shape index (κ2) is 8.02. The molecule has 4 nitrogen and oxygen atoms in total. The Kier molecular flexibility index (Phi) is 5.64. The Morgan fingerprint density at radius 1 is 1.18 bits per heavy atom. The maximum atomic E-state index is 13.1. The molecule has 1 amide bonds. The Morgan fingerprint density at radius 3 is 2.43 bits per heavy atom. The van der Waals surface area contributed by atoms with Crippen LogP contribution in [0.25, 0.3) is 0 Å². The van der Waals surface area contributed by atoms with Crippen LogP contribution in [-0.2, 0) is 4.79 Å². The van der Waals surface area contributed by atoms with Gasteiger partial charge in [0.05, 0.1) is 12.0 Å². The third-order valence-electron chi connectivity index (χ3n) is 6.80. The highest BCUT2D eigenvalue weighted by molar-refractivity contribution is 7.80. The number of nitrogens with one attached hydrogen (secondary N) is 2. The molecule has 4 aliphatic rings. The zero-order chi connectivity index (χ0) is 19.7. The van der Waals surface area contributed by atoms with Gasteiger partial charge >= 0.3 is 0 Å². The van der Waals surface area contributed by atoms with Crippen LogP contribution in [0.4, 0.5) is 5.69 Å². The standard InChI is InChI=1S/C23H32N2O2S/c1-15(2)6-7-27-20-5-3-4-19(11-20)24-22(28)25-21(26)23-12-16-8-17(13-23)10-18(9-16)14-23/h3-5,11,15-18H,6-10,12-14H2,1-2H3,(H2,24,25,26,28). The number of anilines is 1. The summed E-state index contributed by atoms with van der Waals surface area (Å²) in [7, 11) is 0. The molecule has 4 fully saturated rings. The summed E-state index contributed by atoms with van der Waals surface area (Å²) in [5.41, 5.74) is 0.667. The third-order valence-corrected chi connectivity index (χ3v) is 7.01. The van der Waals surface area contributed by atoms with E-state index in [0.29, 0.717) is 17.6 Å². The van der Waals surface area contributed by atoms with Crippen LogP contribution in [0.3, 0.4) is 0 Å². The summed E-state index contributed by atoms with van der Waals surface area (Å²) < 4.78 is 5.81. The first-order valence-electron chi connectivity index (χ1n) is 10.8. The van der Waals surface area contributed by atoms with Crippen LogP contribution in [0.5, 0.6) is 5.75 Å². The molecule has 0 heterocycles. The second-order valence-corrected chi connectivity index (χ2v) is 10.1. The maximum Gasteiger partial charge on any atom is 0.232 e. The molecule has 0 aromatic heterocycles. The fourth-order valence-corrected chi connectivity index (χ4v) is 6.07. The third kappa shape index (κ3) is 4.35. The monoisotopic (exact) mass is 400 g/mol. The van der Waals surface area contributed by atoms with Crippen LogP contribution in [0.2, 0.25) is 0 Å². The SMILES string of the molecule is CC(C)CCOc1cccc(NC(=S)NC(=O)C23CC4CC(CC(C4)C2)C3)c1. The first kappa shape index (κ1) is 19.7. The summed E-state index contributed by atoms with van der Waals surface area (Å²) in [6.07, 6.45) is 8.17. The number of carbonyl (C=O) groups excluding carboxylic acids is 1. The van der Waals surface area contributed by atoms with Gasteiger partial charge in [-0.3, -0.25) is 4.79 Å². The fourth-order valence-electron chi connectivity index (χ4n) is 5.86. The quantitative estimate of drug-likeness (QED) is 0.649. The van der Waals surface area contributed by atoms with E-state index in [1.807, 2.05) is 24.3 Å². The van der Waals surface area contributed by atoms with Crippen LogP contribution >= 0.6 is 12.2 Å². The number of amides is 1. The lowest BCUT2D eigenvalue weighted by molar-refractivity contribution is -0.144. The number of hydrogen-bond donors (Lipinski definition) is 2. The fraction of sp³-hybridized carbons (Fsp3) is 0.652. The van der Waals surface area contributed by atoms with E-state index in [9.17, 15) is 4.79 Å². The summed E-state index contributed by atoms with van der Waals surface area (Å²) in [5.74, 6) is 3.82. The molecule has 0 spiro atoms. The Hall–Kier alpha value is -1.62. The molecule has 4 saturated carbocycles. The minimum atomic E-state index is -0.178. The van der Waals surface area contributed by atoms with Crippen molar-refractivity contribution in [2.24, 2.45) is 29.1 Å². The average molecular weight is 401 g/mol. The van der Waals surface area contributed by atoms with Crippen LogP contribution in [0.15, 0.2) is 24.3 Å². The van der Waals surface area contributed by atoms with Crippen LogP contribution in [0, 0.1) is 29.1 Å². The van der Waals surface area contributed by atoms with Crippen molar-refractivity contribution in [3.8, 4) is 5.75 Å². The van der Waals surface area contributed by atoms with E-state index in [4.69, 9.17) is 17.0 Å². The van der Waals surface area contributed by atoms with Gasteiger partial charge in [-0.2, -0.15) is 0 Å². The molecule has 4 bridgehead atoms. The topological polar surface area (TPSA) is 50.4 Å². The molecule has 2 N–H and O–H groups in total. The van der Waals surface area contributed by atoms with Gasteiger partial charge in [0.2, 0.25) is 5.91 Å². The summed E-state index contributed by atoms with van der Waals surface area (Å²) in [4.78, 5) is 13.1. The van der Waals surface area contributed by atoms with Gasteiger partial charge in [0.25, 0.3) is 0 Å². The molecule has 152 valence electrons. The predicted octanol–water partition coefficient (Wildman–Crippen LogP) is 5.14. The van der Waals surface area contributed by atoms with Gasteiger partial charge in [-0.1, -0.05) is 19.9 Å². The molecule has 1 aromatic carbocycles. The normalized spacial score (nSPS) is 30.3. The first-order valence-corrected chi connectivity index (χ1v) is 11.2. The van der Waals surface area contributed by atoms with Gasteiger partial charge in [0.1, 0.15) is 5.75 Å². The molecule has 0 unspecified atom stereocenters. The molecule has 1 aromatic rings. The van der Waals surface area contributed by atoms with Crippen molar-refractivity contribution in [2.75, 3.05) is 11.9 Å². The lowest BCUT2D eigenvalue weighted by atomic mass is 9.49. The number of ether oxygens (including phenoxy) is 1. The van der Waals surface area contributed by atoms with Crippen molar-refractivity contribution in [2.45, 2.75) is 58.8 Å². The molecule has 0 saturated heterocycles. The van der Waals surface area contributed by atoms with E-state index in [1.54, 1.807) is 0 Å². The molecule has 0 radical (unpaired) electrons. The Balaban J connectivity index is 1.33. The highest BCUT2D eigenvalue weighted by Gasteiger charge is 2.54. The summed E-state index contributed by atoms with van der Waals surface area (Å²) in [6.45, 7) is 5.08. The Morgan fingerprint density at radius 2 is 1.82 bits per heavy atom. The molecule has 4 aliphatic carbocycles. The minimum Gasteiger partial charge on any atom is -0.494 e. The molecular formula is C23H32N2O2S. The van der Waals surface area contributed by atoms with E-state index in [-0.39, 0.29) is 11.3 Å². The maximum absolute atomic E-state index is 13.1. The van der Waals surface area contributed by atoms with Crippen LogP contribution < -0.4 is 15.4 Å². The van der Waals surface area contributed by atoms with Crippen molar-refractivity contribution >= 4 is 28.9 Å². The largest absolute Gasteiger partial charge is 0.494 e. The molecule has 5 heteroatoms. The van der Waals surface area contributed by atoms with Gasteiger partial charge in [-0.25, -0.2) is 0 Å². The van der Waals surface area contributed by atoms with Gasteiger partial charge in [0.15, 0.2) is 5.11 Å². The minimum absolute atomic E-state index is 0.133. The Labute approximate surface area is 173 Å². The van der Waals surface area contributed by atoms with Crippen molar-refractivity contribution in [1.82, 2.24) is 5.32 Å². The van der Waals surface area contributed by atoms with E-state index in [2.05, 4.69) is 24.5 Å². The molecule has 28 heavy (non-hydrogen) atoms. The van der Waals surface area contributed by atoms with Gasteiger partial charge < -0.3 is 15.4 Å². The van der Waals surface area contributed by atoms with Gasteiger partial charge in [0, 0.05) is 11.8 Å². The highest BCUT2D eigenvalue weighted by Crippen LogP contribution is 2.60. The smallest absolute Gasteiger partial charge is 0.232 e. The van der Waals surface area contributed by atoms with Crippen LogP contribution in [-0.4, -0.2) is 17.6 Å². The van der Waals surface area contributed by atoms with E-state index >= 15 is 0 Å². The van der Waals surface area contributed by atoms with E-state index < -0.39 is 0 Å². The van der Waals surface area contributed by atoms with Crippen LogP contribution in [0.1, 0.15) is 58.8 Å². The molecule has 0 atom stereocenters. The van der Waals surface area contributed by atoms with Crippen molar-refractivity contribution in [1.29, 1.82) is 0 Å². The zero-order valence-electron chi connectivity index (χ0n) is 17.0. The van der Waals surface area contributed by atoms with E-state index in [0.717, 1.165) is 54.9 Å². The van der Waals surface area contributed by atoms with E-state index in [1.165, 1.54) is 19.3 Å². The van der Waals surface area contributed by atoms with Crippen molar-refractivity contribution in [3.05, 3.63) is 24.3 Å². The van der Waals surface area contributed by atoms with Crippen molar-refractivity contribution in [3.63, 3.8) is 0 Å². The molecule has 5 rings (SSSR count). The highest BCUT2D eigenvalue weighted by atomic mass is 32.1. The number of hydrogen-bond acceptors (Lipinski definition) is 3. The predicted molar refractivity (Wildman–Crippen MR) is 116 cm³/mol. The average Bonchev–Trinajstić information content (AvgIpc) is 2.60. The lowest BCUT2D eigenvalue weighted by Crippen LogP contribution is -2.55. The summed E-state index contributed by atoms with van der Waals surface area (Å²) in [5, 5.41) is 6.56.